The SMILES string of the molecule is C=Cc1cc(CCCC(N)=O)ccc1OC. The molecular weight excluding hydrogens is 202 g/mol. The van der Waals surface area contributed by atoms with Crippen molar-refractivity contribution in [1.82, 2.24) is 0 Å². The maximum atomic E-state index is 10.6. The second-order valence-electron chi connectivity index (χ2n) is 3.60. The summed E-state index contributed by atoms with van der Waals surface area (Å²) in [6.45, 7) is 3.74. The molecule has 0 aliphatic rings. The lowest BCUT2D eigenvalue weighted by atomic mass is 10.0. The van der Waals surface area contributed by atoms with E-state index in [-0.39, 0.29) is 5.91 Å². The summed E-state index contributed by atoms with van der Waals surface area (Å²) < 4.78 is 5.19. The number of hydrogen-bond donors (Lipinski definition) is 1. The lowest BCUT2D eigenvalue weighted by molar-refractivity contribution is -0.118. The van der Waals surface area contributed by atoms with Gasteiger partial charge in [-0.3, -0.25) is 4.79 Å². The van der Waals surface area contributed by atoms with Crippen molar-refractivity contribution in [3.05, 3.63) is 35.9 Å². The van der Waals surface area contributed by atoms with Crippen molar-refractivity contribution in [3.8, 4) is 5.75 Å². The van der Waals surface area contributed by atoms with Crippen LogP contribution in [0, 0.1) is 0 Å². The molecule has 0 aliphatic carbocycles. The van der Waals surface area contributed by atoms with Gasteiger partial charge in [0.1, 0.15) is 5.75 Å². The van der Waals surface area contributed by atoms with Crippen LogP contribution in [0.25, 0.3) is 6.08 Å². The molecular formula is C13H17NO2. The lowest BCUT2D eigenvalue weighted by Crippen LogP contribution is -2.10. The van der Waals surface area contributed by atoms with E-state index in [2.05, 4.69) is 6.58 Å². The second-order valence-corrected chi connectivity index (χ2v) is 3.60. The Hall–Kier alpha value is -1.77. The van der Waals surface area contributed by atoms with Crippen LogP contribution in [0.3, 0.4) is 0 Å². The topological polar surface area (TPSA) is 52.3 Å². The predicted molar refractivity (Wildman–Crippen MR) is 65.2 cm³/mol. The van der Waals surface area contributed by atoms with E-state index in [0.29, 0.717) is 6.42 Å². The van der Waals surface area contributed by atoms with Gasteiger partial charge in [0.2, 0.25) is 5.91 Å². The van der Waals surface area contributed by atoms with E-state index in [4.69, 9.17) is 10.5 Å². The molecule has 0 unspecified atom stereocenters. The number of carbonyl (C=O) groups excluding carboxylic acids is 1. The Bertz CT molecular complexity index is 386. The van der Waals surface area contributed by atoms with E-state index in [1.807, 2.05) is 18.2 Å². The fourth-order valence-electron chi connectivity index (χ4n) is 1.57. The van der Waals surface area contributed by atoms with Crippen LogP contribution in [-0.4, -0.2) is 13.0 Å². The van der Waals surface area contributed by atoms with Gasteiger partial charge in [0.25, 0.3) is 0 Å². The van der Waals surface area contributed by atoms with Crippen LogP contribution in [0.2, 0.25) is 0 Å². The molecule has 0 radical (unpaired) electrons. The quantitative estimate of drug-likeness (QED) is 0.797. The third-order valence-corrected chi connectivity index (χ3v) is 2.40. The van der Waals surface area contributed by atoms with Crippen LogP contribution in [0.4, 0.5) is 0 Å². The number of methoxy groups -OCH3 is 1. The molecule has 1 amide bonds. The average Bonchev–Trinajstić information content (AvgIpc) is 2.28. The maximum absolute atomic E-state index is 10.6. The summed E-state index contributed by atoms with van der Waals surface area (Å²) in [5, 5.41) is 0. The number of primary amides is 1. The van der Waals surface area contributed by atoms with Crippen LogP contribution in [0.1, 0.15) is 24.0 Å². The van der Waals surface area contributed by atoms with Gasteiger partial charge >= 0.3 is 0 Å². The number of ether oxygens (including phenoxy) is 1. The highest BCUT2D eigenvalue weighted by molar-refractivity contribution is 5.73. The molecule has 0 aromatic heterocycles. The van der Waals surface area contributed by atoms with E-state index in [1.54, 1.807) is 13.2 Å². The summed E-state index contributed by atoms with van der Waals surface area (Å²) in [7, 11) is 1.63. The van der Waals surface area contributed by atoms with Crippen LogP contribution in [0.5, 0.6) is 5.75 Å². The molecule has 86 valence electrons. The molecule has 16 heavy (non-hydrogen) atoms. The fourth-order valence-corrected chi connectivity index (χ4v) is 1.57. The molecule has 0 heterocycles. The first kappa shape index (κ1) is 12.3. The molecule has 0 spiro atoms. The largest absolute Gasteiger partial charge is 0.496 e. The molecule has 0 bridgehead atoms. The predicted octanol–water partition coefficient (Wildman–Crippen LogP) is 2.15. The van der Waals surface area contributed by atoms with Crippen LogP contribution in [0.15, 0.2) is 24.8 Å². The fraction of sp³-hybridized carbons (Fsp3) is 0.308. The van der Waals surface area contributed by atoms with Crippen molar-refractivity contribution in [2.24, 2.45) is 5.73 Å². The number of amides is 1. The van der Waals surface area contributed by atoms with Gasteiger partial charge < -0.3 is 10.5 Å². The van der Waals surface area contributed by atoms with Crippen molar-refractivity contribution < 1.29 is 9.53 Å². The zero-order valence-electron chi connectivity index (χ0n) is 9.53. The Labute approximate surface area is 95.9 Å². The normalized spacial score (nSPS) is 9.81. The maximum Gasteiger partial charge on any atom is 0.217 e. The van der Waals surface area contributed by atoms with Gasteiger partial charge in [0.15, 0.2) is 0 Å². The van der Waals surface area contributed by atoms with Crippen LogP contribution < -0.4 is 10.5 Å². The minimum Gasteiger partial charge on any atom is -0.496 e. The van der Waals surface area contributed by atoms with Crippen LogP contribution >= 0.6 is 0 Å². The van der Waals surface area contributed by atoms with Crippen molar-refractivity contribution >= 4 is 12.0 Å². The van der Waals surface area contributed by atoms with Gasteiger partial charge in [-0.2, -0.15) is 0 Å². The third-order valence-electron chi connectivity index (χ3n) is 2.40. The third kappa shape index (κ3) is 3.42. The first-order valence-corrected chi connectivity index (χ1v) is 5.25. The van der Waals surface area contributed by atoms with E-state index >= 15 is 0 Å². The molecule has 3 nitrogen and oxygen atoms in total. The summed E-state index contributed by atoms with van der Waals surface area (Å²) in [6, 6.07) is 5.93. The smallest absolute Gasteiger partial charge is 0.217 e. The minimum atomic E-state index is -0.252. The van der Waals surface area contributed by atoms with Gasteiger partial charge in [-0.25, -0.2) is 0 Å². The summed E-state index contributed by atoms with van der Waals surface area (Å²) in [5.74, 6) is 0.561. The van der Waals surface area contributed by atoms with Gasteiger partial charge in [-0.05, 0) is 30.5 Å². The van der Waals surface area contributed by atoms with Crippen molar-refractivity contribution in [2.45, 2.75) is 19.3 Å². The van der Waals surface area contributed by atoms with Gasteiger partial charge in [0, 0.05) is 12.0 Å². The Morgan fingerprint density at radius 1 is 1.56 bits per heavy atom. The zero-order chi connectivity index (χ0) is 12.0. The number of nitrogens with two attached hydrogens (primary N) is 1. The van der Waals surface area contributed by atoms with E-state index in [0.717, 1.165) is 29.7 Å². The van der Waals surface area contributed by atoms with E-state index < -0.39 is 0 Å². The Kier molecular flexibility index (Phi) is 4.58. The highest BCUT2D eigenvalue weighted by atomic mass is 16.5. The molecule has 1 aromatic rings. The second kappa shape index (κ2) is 5.95. The summed E-state index contributed by atoms with van der Waals surface area (Å²) in [6.07, 6.45) is 3.80. The number of carbonyl (C=O) groups is 1. The molecule has 0 atom stereocenters. The molecule has 1 aromatic carbocycles. The lowest BCUT2D eigenvalue weighted by Gasteiger charge is -2.07. The first-order chi connectivity index (χ1) is 7.67. The molecule has 0 saturated heterocycles. The molecule has 0 fully saturated rings. The molecule has 2 N–H and O–H groups in total. The standard InChI is InChI=1S/C13H17NO2/c1-3-11-9-10(5-4-6-13(14)15)7-8-12(11)16-2/h3,7-9H,1,4-6H2,2H3,(H2,14,15). The Morgan fingerprint density at radius 3 is 2.88 bits per heavy atom. The number of benzene rings is 1. The van der Waals surface area contributed by atoms with Crippen molar-refractivity contribution in [3.63, 3.8) is 0 Å². The highest BCUT2D eigenvalue weighted by Gasteiger charge is 2.02. The van der Waals surface area contributed by atoms with Crippen molar-refractivity contribution in [2.75, 3.05) is 7.11 Å². The van der Waals surface area contributed by atoms with E-state index in [9.17, 15) is 4.79 Å². The Balaban J connectivity index is 2.67. The summed E-state index contributed by atoms with van der Waals surface area (Å²) >= 11 is 0. The van der Waals surface area contributed by atoms with Gasteiger partial charge in [-0.15, -0.1) is 0 Å². The van der Waals surface area contributed by atoms with Crippen LogP contribution in [-0.2, 0) is 11.2 Å². The number of hydrogen-bond acceptors (Lipinski definition) is 2. The summed E-state index contributed by atoms with van der Waals surface area (Å²) in [4.78, 5) is 10.6. The zero-order valence-corrected chi connectivity index (χ0v) is 9.53. The van der Waals surface area contributed by atoms with Gasteiger partial charge in [-0.1, -0.05) is 18.7 Å². The molecule has 3 heteroatoms. The monoisotopic (exact) mass is 219 g/mol. The molecule has 0 aliphatic heterocycles. The first-order valence-electron chi connectivity index (χ1n) is 5.25. The molecule has 1 rings (SSSR count). The number of rotatable bonds is 6. The summed E-state index contributed by atoms with van der Waals surface area (Å²) in [5.41, 5.74) is 7.22. The highest BCUT2D eigenvalue weighted by Crippen LogP contribution is 2.21. The number of aryl methyl sites for hydroxylation is 1. The molecule has 0 saturated carbocycles. The van der Waals surface area contributed by atoms with E-state index in [1.165, 1.54) is 0 Å². The average molecular weight is 219 g/mol. The van der Waals surface area contributed by atoms with Crippen molar-refractivity contribution in [1.29, 1.82) is 0 Å². The minimum absolute atomic E-state index is 0.252. The van der Waals surface area contributed by atoms with Gasteiger partial charge in [0.05, 0.1) is 7.11 Å². The Morgan fingerprint density at radius 2 is 2.31 bits per heavy atom.